The summed E-state index contributed by atoms with van der Waals surface area (Å²) in [5, 5.41) is 6.00. The summed E-state index contributed by atoms with van der Waals surface area (Å²) in [6.45, 7) is 2.19. The monoisotopic (exact) mass is 392 g/mol. The Hall–Kier alpha value is -2.06. The van der Waals surface area contributed by atoms with Gasteiger partial charge in [-0.25, -0.2) is 9.97 Å². The summed E-state index contributed by atoms with van der Waals surface area (Å²) < 4.78 is 2.10. The lowest BCUT2D eigenvalue weighted by molar-refractivity contribution is -0.121. The molecule has 3 rings (SSSR count). The summed E-state index contributed by atoms with van der Waals surface area (Å²) in [6.07, 6.45) is 1.39. The minimum Gasteiger partial charge on any atom is -0.348 e. The van der Waals surface area contributed by atoms with Gasteiger partial charge < -0.3 is 5.32 Å². The molecule has 3 aromatic rings. The van der Waals surface area contributed by atoms with Crippen LogP contribution in [-0.4, -0.2) is 20.4 Å². The maximum Gasteiger partial charge on any atom is 0.261 e. The van der Waals surface area contributed by atoms with Gasteiger partial charge in [-0.15, -0.1) is 11.3 Å². The van der Waals surface area contributed by atoms with Crippen LogP contribution in [0.25, 0.3) is 10.9 Å². The van der Waals surface area contributed by atoms with E-state index < -0.39 is 0 Å². The first-order valence-corrected chi connectivity index (χ1v) is 8.52. The average molecular weight is 393 g/mol. The first kappa shape index (κ1) is 15.8. The van der Waals surface area contributed by atoms with Gasteiger partial charge >= 0.3 is 0 Å². The molecule has 0 aliphatic heterocycles. The third-order valence-corrected chi connectivity index (χ3v) is 4.66. The summed E-state index contributed by atoms with van der Waals surface area (Å²) >= 11 is 4.83. The third-order valence-electron chi connectivity index (χ3n) is 3.20. The lowest BCUT2D eigenvalue weighted by Gasteiger charge is -2.07. The van der Waals surface area contributed by atoms with Crippen LogP contribution in [0, 0.1) is 6.92 Å². The number of rotatable bonds is 4. The number of hydrogen-bond acceptors (Lipinski definition) is 5. The molecule has 1 aromatic carbocycles. The standard InChI is InChI=1S/C15H13BrN4O2S/c1-9-7-23-14(19-9)5-17-13(21)6-20-8-18-12-3-2-10(16)4-11(12)15(20)22/h2-4,7-8H,5-6H2,1H3,(H,17,21). The van der Waals surface area contributed by atoms with Crippen molar-refractivity contribution < 1.29 is 4.79 Å². The van der Waals surface area contributed by atoms with Crippen LogP contribution < -0.4 is 10.9 Å². The molecule has 0 bridgehead atoms. The predicted molar refractivity (Wildman–Crippen MR) is 92.4 cm³/mol. The van der Waals surface area contributed by atoms with Crippen molar-refractivity contribution in [2.45, 2.75) is 20.0 Å². The molecule has 0 spiro atoms. The third kappa shape index (κ3) is 3.65. The Morgan fingerprint density at radius 3 is 3.00 bits per heavy atom. The van der Waals surface area contributed by atoms with Crippen LogP contribution in [0.15, 0.2) is 39.2 Å². The molecular weight excluding hydrogens is 380 g/mol. The molecule has 0 aliphatic carbocycles. The summed E-state index contributed by atoms with van der Waals surface area (Å²) in [7, 11) is 0. The second kappa shape index (κ2) is 6.59. The number of carbonyl (C=O) groups is 1. The molecule has 0 saturated carbocycles. The maximum absolute atomic E-state index is 12.4. The van der Waals surface area contributed by atoms with Gasteiger partial charge in [0.15, 0.2) is 0 Å². The molecule has 23 heavy (non-hydrogen) atoms. The SMILES string of the molecule is Cc1csc(CNC(=O)Cn2cnc3ccc(Br)cc3c2=O)n1. The number of carbonyl (C=O) groups excluding carboxylic acids is 1. The van der Waals surface area contributed by atoms with E-state index in [2.05, 4.69) is 31.2 Å². The first-order chi connectivity index (χ1) is 11.0. The lowest BCUT2D eigenvalue weighted by atomic mass is 10.2. The number of hydrogen-bond donors (Lipinski definition) is 1. The zero-order chi connectivity index (χ0) is 16.4. The van der Waals surface area contributed by atoms with Gasteiger partial charge in [-0.3, -0.25) is 14.2 Å². The van der Waals surface area contributed by atoms with Crippen LogP contribution in [0.1, 0.15) is 10.7 Å². The molecule has 6 nitrogen and oxygen atoms in total. The molecule has 8 heteroatoms. The van der Waals surface area contributed by atoms with E-state index in [1.165, 1.54) is 22.2 Å². The maximum atomic E-state index is 12.4. The van der Waals surface area contributed by atoms with E-state index in [1.54, 1.807) is 12.1 Å². The molecule has 2 aromatic heterocycles. The van der Waals surface area contributed by atoms with Crippen molar-refractivity contribution in [2.24, 2.45) is 0 Å². The highest BCUT2D eigenvalue weighted by atomic mass is 79.9. The van der Waals surface area contributed by atoms with Crippen molar-refractivity contribution in [2.75, 3.05) is 0 Å². The molecule has 0 fully saturated rings. The van der Waals surface area contributed by atoms with Crippen LogP contribution in [0.2, 0.25) is 0 Å². The second-order valence-corrected chi connectivity index (χ2v) is 6.86. The van der Waals surface area contributed by atoms with Crippen molar-refractivity contribution in [3.63, 3.8) is 0 Å². The van der Waals surface area contributed by atoms with Crippen LogP contribution in [0.5, 0.6) is 0 Å². The number of nitrogens with one attached hydrogen (secondary N) is 1. The number of benzene rings is 1. The largest absolute Gasteiger partial charge is 0.348 e. The molecule has 0 atom stereocenters. The van der Waals surface area contributed by atoms with Gasteiger partial charge in [-0.1, -0.05) is 15.9 Å². The smallest absolute Gasteiger partial charge is 0.261 e. The van der Waals surface area contributed by atoms with Crippen molar-refractivity contribution in [1.82, 2.24) is 19.9 Å². The Labute approximate surface area is 144 Å². The molecule has 0 aliphatic rings. The highest BCUT2D eigenvalue weighted by molar-refractivity contribution is 9.10. The fourth-order valence-electron chi connectivity index (χ4n) is 2.11. The Bertz CT molecular complexity index is 935. The number of amides is 1. The molecular formula is C15H13BrN4O2S. The van der Waals surface area contributed by atoms with Gasteiger partial charge in [-0.05, 0) is 25.1 Å². The van der Waals surface area contributed by atoms with Crippen molar-refractivity contribution in [3.8, 4) is 0 Å². The Kier molecular flexibility index (Phi) is 4.53. The normalized spacial score (nSPS) is 10.9. The van der Waals surface area contributed by atoms with Crippen molar-refractivity contribution >= 4 is 44.1 Å². The van der Waals surface area contributed by atoms with Gasteiger partial charge in [0, 0.05) is 15.5 Å². The molecule has 2 heterocycles. The van der Waals surface area contributed by atoms with Crippen molar-refractivity contribution in [1.29, 1.82) is 0 Å². The number of halogens is 1. The number of fused-ring (bicyclic) bond motifs is 1. The zero-order valence-corrected chi connectivity index (χ0v) is 14.6. The summed E-state index contributed by atoms with van der Waals surface area (Å²) in [5.74, 6) is -0.254. The fraction of sp³-hybridized carbons (Fsp3) is 0.200. The molecule has 0 unspecified atom stereocenters. The van der Waals surface area contributed by atoms with Gasteiger partial charge in [0.1, 0.15) is 11.6 Å². The highest BCUT2D eigenvalue weighted by Crippen LogP contribution is 2.14. The van der Waals surface area contributed by atoms with Gasteiger partial charge in [0.2, 0.25) is 5.91 Å². The van der Waals surface area contributed by atoms with E-state index in [0.29, 0.717) is 17.4 Å². The minimum atomic E-state index is -0.254. The van der Waals surface area contributed by atoms with E-state index in [1.807, 2.05) is 18.4 Å². The van der Waals surface area contributed by atoms with Crippen molar-refractivity contribution in [3.05, 3.63) is 55.4 Å². The predicted octanol–water partition coefficient (Wildman–Crippen LogP) is 2.24. The average Bonchev–Trinajstić information content (AvgIpc) is 2.94. The molecule has 0 radical (unpaired) electrons. The number of aryl methyl sites for hydroxylation is 1. The minimum absolute atomic E-state index is 0.0708. The number of thiazole rings is 1. The molecule has 1 amide bonds. The van der Waals surface area contributed by atoms with E-state index in [4.69, 9.17) is 0 Å². The Morgan fingerprint density at radius 2 is 2.26 bits per heavy atom. The zero-order valence-electron chi connectivity index (χ0n) is 12.2. The first-order valence-electron chi connectivity index (χ1n) is 6.85. The topological polar surface area (TPSA) is 76.9 Å². The molecule has 118 valence electrons. The Morgan fingerprint density at radius 1 is 1.43 bits per heavy atom. The molecule has 1 N–H and O–H groups in total. The van der Waals surface area contributed by atoms with Crippen LogP contribution in [0.4, 0.5) is 0 Å². The van der Waals surface area contributed by atoms with Gasteiger partial charge in [-0.2, -0.15) is 0 Å². The number of nitrogens with zero attached hydrogens (tertiary/aromatic N) is 3. The Balaban J connectivity index is 1.74. The second-order valence-electron chi connectivity index (χ2n) is 5.00. The fourth-order valence-corrected chi connectivity index (χ4v) is 3.19. The van der Waals surface area contributed by atoms with Crippen LogP contribution in [-0.2, 0) is 17.9 Å². The van der Waals surface area contributed by atoms with Crippen LogP contribution in [0.3, 0.4) is 0 Å². The van der Waals surface area contributed by atoms with E-state index >= 15 is 0 Å². The van der Waals surface area contributed by atoms with E-state index in [9.17, 15) is 9.59 Å². The van der Waals surface area contributed by atoms with Gasteiger partial charge in [0.25, 0.3) is 5.56 Å². The summed E-state index contributed by atoms with van der Waals surface area (Å²) in [4.78, 5) is 32.9. The summed E-state index contributed by atoms with van der Waals surface area (Å²) in [6, 6.07) is 5.29. The van der Waals surface area contributed by atoms with Crippen LogP contribution >= 0.6 is 27.3 Å². The number of aromatic nitrogens is 3. The highest BCUT2D eigenvalue weighted by Gasteiger charge is 2.09. The quantitative estimate of drug-likeness (QED) is 0.738. The van der Waals surface area contributed by atoms with E-state index in [0.717, 1.165) is 15.2 Å². The lowest BCUT2D eigenvalue weighted by Crippen LogP contribution is -2.32. The van der Waals surface area contributed by atoms with E-state index in [-0.39, 0.29) is 18.0 Å². The summed E-state index contributed by atoms with van der Waals surface area (Å²) in [5.41, 5.74) is 1.30. The van der Waals surface area contributed by atoms with Gasteiger partial charge in [0.05, 0.1) is 23.8 Å². The molecule has 0 saturated heterocycles.